The fourth-order valence-corrected chi connectivity index (χ4v) is 5.16. The Labute approximate surface area is 126 Å². The number of rotatable bonds is 8. The van der Waals surface area contributed by atoms with E-state index in [1.807, 2.05) is 27.7 Å². The Balaban J connectivity index is 3.11. The fraction of sp³-hybridized carbons (Fsp3) is 0.571. The van der Waals surface area contributed by atoms with E-state index in [9.17, 15) is 8.42 Å². The van der Waals surface area contributed by atoms with Crippen LogP contribution in [-0.2, 0) is 16.6 Å². The summed E-state index contributed by atoms with van der Waals surface area (Å²) in [5.74, 6) is 0. The molecule has 1 N–H and O–H groups in total. The molecule has 0 aromatic carbocycles. The minimum atomic E-state index is -3.44. The first-order valence-corrected chi connectivity index (χ1v) is 9.03. The molecule has 0 aliphatic rings. The van der Waals surface area contributed by atoms with Crippen LogP contribution in [-0.4, -0.2) is 31.9 Å². The molecule has 4 nitrogen and oxygen atoms in total. The summed E-state index contributed by atoms with van der Waals surface area (Å²) in [6, 6.07) is 1.68. The normalized spacial score (nSPS) is 12.3. The van der Waals surface area contributed by atoms with Crippen LogP contribution < -0.4 is 5.32 Å². The van der Waals surface area contributed by atoms with Gasteiger partial charge in [0, 0.05) is 24.0 Å². The molecular formula is C14H24N2O2S2. The van der Waals surface area contributed by atoms with Crippen molar-refractivity contribution in [3.63, 3.8) is 0 Å². The van der Waals surface area contributed by atoms with E-state index in [0.29, 0.717) is 17.3 Å². The van der Waals surface area contributed by atoms with Crippen LogP contribution >= 0.6 is 11.3 Å². The summed E-state index contributed by atoms with van der Waals surface area (Å²) >= 11 is 1.35. The van der Waals surface area contributed by atoms with E-state index in [0.717, 1.165) is 17.0 Å². The third-order valence-electron chi connectivity index (χ3n) is 2.98. The molecule has 0 atom stereocenters. The number of nitrogens with zero attached hydrogens (tertiary/aromatic N) is 1. The van der Waals surface area contributed by atoms with Gasteiger partial charge in [-0.25, -0.2) is 8.42 Å². The molecule has 0 saturated heterocycles. The lowest BCUT2D eigenvalue weighted by molar-refractivity contribution is 0.384. The molecule has 0 aliphatic carbocycles. The van der Waals surface area contributed by atoms with Crippen molar-refractivity contribution in [3.05, 3.63) is 29.2 Å². The number of hydrogen-bond donors (Lipinski definition) is 1. The summed E-state index contributed by atoms with van der Waals surface area (Å²) in [4.78, 5) is 1.08. The first kappa shape index (κ1) is 17.4. The predicted octanol–water partition coefficient (Wildman–Crippen LogP) is 2.75. The molecule has 1 aromatic heterocycles. The van der Waals surface area contributed by atoms with E-state index in [-0.39, 0.29) is 6.04 Å². The van der Waals surface area contributed by atoms with Crippen LogP contribution in [0.2, 0.25) is 0 Å². The minimum Gasteiger partial charge on any atom is -0.312 e. The highest BCUT2D eigenvalue weighted by Crippen LogP contribution is 2.29. The third-order valence-corrected chi connectivity index (χ3v) is 6.71. The van der Waals surface area contributed by atoms with Crippen LogP contribution in [0.5, 0.6) is 0 Å². The highest BCUT2D eigenvalue weighted by molar-refractivity contribution is 7.91. The average Bonchev–Trinajstić information content (AvgIpc) is 2.75. The molecule has 0 spiro atoms. The zero-order chi connectivity index (χ0) is 15.3. The summed E-state index contributed by atoms with van der Waals surface area (Å²) in [6.45, 7) is 13.3. The lowest BCUT2D eigenvalue weighted by atomic mass is 10.3. The van der Waals surface area contributed by atoms with Gasteiger partial charge < -0.3 is 5.32 Å². The molecule has 1 heterocycles. The van der Waals surface area contributed by atoms with Crippen LogP contribution in [0.4, 0.5) is 0 Å². The van der Waals surface area contributed by atoms with Crippen LogP contribution in [0.15, 0.2) is 22.9 Å². The number of aryl methyl sites for hydroxylation is 1. The van der Waals surface area contributed by atoms with Crippen LogP contribution in [0.3, 0.4) is 0 Å². The quantitative estimate of drug-likeness (QED) is 0.750. The van der Waals surface area contributed by atoms with E-state index in [1.54, 1.807) is 12.1 Å². The topological polar surface area (TPSA) is 49.4 Å². The fourth-order valence-electron chi connectivity index (χ4n) is 1.86. The molecule has 0 saturated carbocycles. The molecule has 0 amide bonds. The number of sulfonamides is 1. The number of hydrogen-bond acceptors (Lipinski definition) is 4. The maximum Gasteiger partial charge on any atom is 0.253 e. The molecule has 1 rings (SSSR count). The van der Waals surface area contributed by atoms with Gasteiger partial charge in [0.05, 0.1) is 0 Å². The zero-order valence-electron chi connectivity index (χ0n) is 12.6. The van der Waals surface area contributed by atoms with E-state index in [2.05, 4.69) is 11.9 Å². The van der Waals surface area contributed by atoms with Gasteiger partial charge in [-0.1, -0.05) is 13.0 Å². The van der Waals surface area contributed by atoms with Gasteiger partial charge in [0.15, 0.2) is 0 Å². The molecular weight excluding hydrogens is 292 g/mol. The predicted molar refractivity (Wildman–Crippen MR) is 85.7 cm³/mol. The van der Waals surface area contributed by atoms with Crippen molar-refractivity contribution >= 4 is 21.4 Å². The summed E-state index contributed by atoms with van der Waals surface area (Å²) < 4.78 is 27.2. The maximum atomic E-state index is 12.7. The van der Waals surface area contributed by atoms with Gasteiger partial charge in [-0.3, -0.25) is 0 Å². The monoisotopic (exact) mass is 316 g/mol. The molecule has 0 radical (unpaired) electrons. The second-order valence-electron chi connectivity index (χ2n) is 4.91. The summed E-state index contributed by atoms with van der Waals surface area (Å²) in [5, 5.41) is 3.23. The molecule has 1 aromatic rings. The summed E-state index contributed by atoms with van der Waals surface area (Å²) in [7, 11) is -3.44. The summed E-state index contributed by atoms with van der Waals surface area (Å²) in [6.07, 6.45) is 1.62. The Hall–Kier alpha value is -0.690. The van der Waals surface area contributed by atoms with Crippen LogP contribution in [0.25, 0.3) is 0 Å². The van der Waals surface area contributed by atoms with Gasteiger partial charge in [0.25, 0.3) is 10.0 Å². The Kier molecular flexibility index (Phi) is 6.39. The van der Waals surface area contributed by atoms with E-state index in [1.165, 1.54) is 15.6 Å². The Bertz CT molecular complexity index is 548. The number of nitrogens with one attached hydrogen (secondary N) is 1. The Morgan fingerprint density at radius 1 is 1.50 bits per heavy atom. The second-order valence-corrected chi connectivity index (χ2v) is 8.16. The van der Waals surface area contributed by atoms with E-state index >= 15 is 0 Å². The molecule has 6 heteroatoms. The van der Waals surface area contributed by atoms with Gasteiger partial charge >= 0.3 is 0 Å². The lowest BCUT2D eigenvalue weighted by Crippen LogP contribution is -2.36. The first-order chi connectivity index (χ1) is 9.34. The van der Waals surface area contributed by atoms with Gasteiger partial charge in [-0.15, -0.1) is 17.9 Å². The third kappa shape index (κ3) is 3.91. The lowest BCUT2D eigenvalue weighted by Gasteiger charge is -2.23. The molecule has 0 fully saturated rings. The van der Waals surface area contributed by atoms with Gasteiger partial charge in [0.2, 0.25) is 0 Å². The maximum absolute atomic E-state index is 12.7. The van der Waals surface area contributed by atoms with Gasteiger partial charge in [0.1, 0.15) is 4.21 Å². The minimum absolute atomic E-state index is 0.0855. The second kappa shape index (κ2) is 7.36. The van der Waals surface area contributed by atoms with Crippen LogP contribution in [0, 0.1) is 6.92 Å². The highest BCUT2D eigenvalue weighted by atomic mass is 32.2. The van der Waals surface area contributed by atoms with E-state index in [4.69, 9.17) is 0 Å². The largest absolute Gasteiger partial charge is 0.312 e. The van der Waals surface area contributed by atoms with Gasteiger partial charge in [-0.05, 0) is 38.9 Å². The zero-order valence-corrected chi connectivity index (χ0v) is 14.3. The van der Waals surface area contributed by atoms with Crippen molar-refractivity contribution in [1.82, 2.24) is 9.62 Å². The number of thiophene rings is 1. The standard InChI is InChI=1S/C14H24N2O2S2/c1-6-8-16(11(3)4)20(17,18)14-9-12(5)13(19-14)10-15-7-2/h6,9,11,15H,1,7-8,10H2,2-5H3. The van der Waals surface area contributed by atoms with E-state index < -0.39 is 10.0 Å². The Morgan fingerprint density at radius 3 is 2.65 bits per heavy atom. The molecule has 0 unspecified atom stereocenters. The van der Waals surface area contributed by atoms with Crippen molar-refractivity contribution < 1.29 is 8.42 Å². The van der Waals surface area contributed by atoms with Crippen molar-refractivity contribution in [1.29, 1.82) is 0 Å². The van der Waals surface area contributed by atoms with Crippen LogP contribution in [0.1, 0.15) is 31.2 Å². The first-order valence-electron chi connectivity index (χ1n) is 6.77. The molecule has 114 valence electrons. The van der Waals surface area contributed by atoms with Crippen molar-refractivity contribution in [3.8, 4) is 0 Å². The molecule has 20 heavy (non-hydrogen) atoms. The molecule has 0 bridgehead atoms. The Morgan fingerprint density at radius 2 is 2.15 bits per heavy atom. The summed E-state index contributed by atoms with van der Waals surface area (Å²) in [5.41, 5.74) is 1.02. The smallest absolute Gasteiger partial charge is 0.253 e. The van der Waals surface area contributed by atoms with Crippen molar-refractivity contribution in [2.45, 2.75) is 44.5 Å². The molecule has 0 aliphatic heterocycles. The average molecular weight is 316 g/mol. The highest BCUT2D eigenvalue weighted by Gasteiger charge is 2.28. The van der Waals surface area contributed by atoms with Gasteiger partial charge in [-0.2, -0.15) is 4.31 Å². The SMILES string of the molecule is C=CCN(C(C)C)S(=O)(=O)c1cc(C)c(CNCC)s1. The van der Waals surface area contributed by atoms with Crippen molar-refractivity contribution in [2.24, 2.45) is 0 Å². The van der Waals surface area contributed by atoms with Crippen molar-refractivity contribution in [2.75, 3.05) is 13.1 Å².